The lowest BCUT2D eigenvalue weighted by Gasteiger charge is -2.15. The number of hydrogen-bond acceptors (Lipinski definition) is 4. The molecule has 8 heteroatoms. The second-order valence-corrected chi connectivity index (χ2v) is 7.04. The number of nitrogens with one attached hydrogen (secondary N) is 1. The summed E-state index contributed by atoms with van der Waals surface area (Å²) in [5.41, 5.74) is -0.389. The van der Waals surface area contributed by atoms with Crippen molar-refractivity contribution in [1.29, 1.82) is 5.26 Å². The highest BCUT2D eigenvalue weighted by atomic mass is 32.2. The monoisotopic (exact) mass is 328 g/mol. The molecule has 0 bridgehead atoms. The molecule has 1 aromatic carbocycles. The predicted octanol–water partition coefficient (Wildman–Crippen LogP) is 1.72. The third-order valence-electron chi connectivity index (χ3n) is 2.99. The SMILES string of the molecule is CC(C)CC(CNS(=O)(=O)c1ccc(F)c(C#N)c1)C(=O)O. The van der Waals surface area contributed by atoms with Crippen LogP contribution in [-0.4, -0.2) is 26.0 Å². The Bertz CT molecular complexity index is 695. The van der Waals surface area contributed by atoms with Crippen molar-refractivity contribution < 1.29 is 22.7 Å². The van der Waals surface area contributed by atoms with Gasteiger partial charge in [0, 0.05) is 6.54 Å². The quantitative estimate of drug-likeness (QED) is 0.792. The van der Waals surface area contributed by atoms with Gasteiger partial charge in [-0.15, -0.1) is 0 Å². The minimum absolute atomic E-state index is 0.0987. The highest BCUT2D eigenvalue weighted by Gasteiger charge is 2.23. The van der Waals surface area contributed by atoms with Gasteiger partial charge >= 0.3 is 5.97 Å². The van der Waals surface area contributed by atoms with E-state index in [0.29, 0.717) is 6.42 Å². The Labute approximate surface area is 128 Å². The van der Waals surface area contributed by atoms with Crippen LogP contribution < -0.4 is 4.72 Å². The van der Waals surface area contributed by atoms with Crippen LogP contribution in [0.2, 0.25) is 0 Å². The van der Waals surface area contributed by atoms with Gasteiger partial charge < -0.3 is 5.11 Å². The third-order valence-corrected chi connectivity index (χ3v) is 4.41. The van der Waals surface area contributed by atoms with Crippen LogP contribution in [-0.2, 0) is 14.8 Å². The number of halogens is 1. The molecule has 6 nitrogen and oxygen atoms in total. The molecule has 1 atom stereocenters. The van der Waals surface area contributed by atoms with E-state index >= 15 is 0 Å². The van der Waals surface area contributed by atoms with E-state index in [1.54, 1.807) is 6.07 Å². The molecule has 1 aromatic rings. The predicted molar refractivity (Wildman–Crippen MR) is 76.9 cm³/mol. The number of benzene rings is 1. The van der Waals surface area contributed by atoms with Crippen molar-refractivity contribution in [3.8, 4) is 6.07 Å². The van der Waals surface area contributed by atoms with E-state index in [1.165, 1.54) is 0 Å². The number of sulfonamides is 1. The van der Waals surface area contributed by atoms with Crippen LogP contribution in [0.1, 0.15) is 25.8 Å². The number of carboxylic acids is 1. The second kappa shape index (κ2) is 7.33. The first kappa shape index (κ1) is 18.1. The summed E-state index contributed by atoms with van der Waals surface area (Å²) in [5.74, 6) is -2.66. The van der Waals surface area contributed by atoms with Crippen LogP contribution in [0.15, 0.2) is 23.1 Å². The Balaban J connectivity index is 2.92. The normalized spacial score (nSPS) is 12.9. The van der Waals surface area contributed by atoms with Gasteiger partial charge in [0.15, 0.2) is 0 Å². The zero-order valence-electron chi connectivity index (χ0n) is 12.2. The van der Waals surface area contributed by atoms with Crippen LogP contribution >= 0.6 is 0 Å². The standard InChI is InChI=1S/C14H17FN2O4S/c1-9(2)5-11(14(18)19)8-17-22(20,21)12-3-4-13(15)10(6-12)7-16/h3-4,6,9,11,17H,5,8H2,1-2H3,(H,18,19). The topological polar surface area (TPSA) is 107 Å². The Morgan fingerprint density at radius 2 is 2.09 bits per heavy atom. The smallest absolute Gasteiger partial charge is 0.307 e. The number of rotatable bonds is 7. The van der Waals surface area contributed by atoms with Crippen molar-refractivity contribution >= 4 is 16.0 Å². The molecule has 1 unspecified atom stereocenters. The van der Waals surface area contributed by atoms with Gasteiger partial charge in [-0.05, 0) is 30.5 Å². The number of nitriles is 1. The Morgan fingerprint density at radius 3 is 2.59 bits per heavy atom. The van der Waals surface area contributed by atoms with Gasteiger partial charge in [-0.3, -0.25) is 4.79 Å². The van der Waals surface area contributed by atoms with E-state index in [1.807, 2.05) is 13.8 Å². The van der Waals surface area contributed by atoms with Gasteiger partial charge in [0.25, 0.3) is 0 Å². The molecule has 0 aromatic heterocycles. The zero-order valence-corrected chi connectivity index (χ0v) is 13.0. The summed E-state index contributed by atoms with van der Waals surface area (Å²) in [6.07, 6.45) is 0.324. The number of aliphatic carboxylic acids is 1. The van der Waals surface area contributed by atoms with Crippen LogP contribution in [0.5, 0.6) is 0 Å². The van der Waals surface area contributed by atoms with Gasteiger partial charge in [-0.2, -0.15) is 5.26 Å². The lowest BCUT2D eigenvalue weighted by Crippen LogP contribution is -2.33. The number of hydrogen-bond donors (Lipinski definition) is 2. The number of carbonyl (C=O) groups is 1. The van der Waals surface area contributed by atoms with E-state index in [4.69, 9.17) is 10.4 Å². The van der Waals surface area contributed by atoms with Gasteiger partial charge in [-0.1, -0.05) is 13.8 Å². The summed E-state index contributed by atoms with van der Waals surface area (Å²) in [5, 5.41) is 17.8. The van der Waals surface area contributed by atoms with E-state index in [9.17, 15) is 17.6 Å². The summed E-state index contributed by atoms with van der Waals surface area (Å²) in [6, 6.07) is 4.38. The summed E-state index contributed by atoms with van der Waals surface area (Å²) in [7, 11) is -4.01. The van der Waals surface area contributed by atoms with Crippen molar-refractivity contribution in [2.24, 2.45) is 11.8 Å². The first-order valence-corrected chi connectivity index (χ1v) is 8.07. The molecule has 1 rings (SSSR count). The van der Waals surface area contributed by atoms with Crippen molar-refractivity contribution in [1.82, 2.24) is 4.72 Å². The molecule has 2 N–H and O–H groups in total. The van der Waals surface area contributed by atoms with Crippen LogP contribution in [0.25, 0.3) is 0 Å². The molecule has 0 saturated carbocycles. The van der Waals surface area contributed by atoms with Crippen molar-refractivity contribution in [3.05, 3.63) is 29.6 Å². The summed E-state index contributed by atoms with van der Waals surface area (Å²) in [4.78, 5) is 10.8. The number of carboxylic acid groups (broad SMARTS) is 1. The third kappa shape index (κ3) is 4.79. The minimum Gasteiger partial charge on any atom is -0.481 e. The Kier molecular flexibility index (Phi) is 6.02. The van der Waals surface area contributed by atoms with Crippen LogP contribution in [0.3, 0.4) is 0 Å². The maximum atomic E-state index is 13.2. The molecule has 0 fully saturated rings. The molecule has 0 aliphatic carbocycles. The molecule has 0 saturated heterocycles. The molecule has 0 radical (unpaired) electrons. The lowest BCUT2D eigenvalue weighted by atomic mass is 9.98. The first-order valence-electron chi connectivity index (χ1n) is 6.59. The fourth-order valence-electron chi connectivity index (χ4n) is 1.89. The highest BCUT2D eigenvalue weighted by molar-refractivity contribution is 7.89. The van der Waals surface area contributed by atoms with E-state index in [-0.39, 0.29) is 22.9 Å². The molecule has 0 aliphatic rings. The molecule has 0 aliphatic heterocycles. The Morgan fingerprint density at radius 1 is 1.45 bits per heavy atom. The molecular weight excluding hydrogens is 311 g/mol. The van der Waals surface area contributed by atoms with Crippen LogP contribution in [0, 0.1) is 29.0 Å². The summed E-state index contributed by atoms with van der Waals surface area (Å²) in [6.45, 7) is 3.41. The molecule has 120 valence electrons. The zero-order chi connectivity index (χ0) is 16.9. The van der Waals surface area contributed by atoms with Crippen molar-refractivity contribution in [2.75, 3.05) is 6.54 Å². The Hall–Kier alpha value is -1.98. The molecular formula is C14H17FN2O4S. The van der Waals surface area contributed by atoms with Gasteiger partial charge in [0.2, 0.25) is 10.0 Å². The summed E-state index contributed by atoms with van der Waals surface area (Å²) >= 11 is 0. The van der Waals surface area contributed by atoms with Crippen molar-refractivity contribution in [3.63, 3.8) is 0 Å². The molecule has 0 spiro atoms. The average Bonchev–Trinajstić information content (AvgIpc) is 2.43. The van der Waals surface area contributed by atoms with Gasteiger partial charge in [0.1, 0.15) is 11.9 Å². The van der Waals surface area contributed by atoms with Gasteiger partial charge in [-0.25, -0.2) is 17.5 Å². The second-order valence-electron chi connectivity index (χ2n) is 5.27. The molecule has 22 heavy (non-hydrogen) atoms. The maximum Gasteiger partial charge on any atom is 0.307 e. The van der Waals surface area contributed by atoms with E-state index in [0.717, 1.165) is 18.2 Å². The first-order chi connectivity index (χ1) is 10.2. The van der Waals surface area contributed by atoms with Crippen molar-refractivity contribution in [2.45, 2.75) is 25.2 Å². The summed E-state index contributed by atoms with van der Waals surface area (Å²) < 4.78 is 39.6. The average molecular weight is 328 g/mol. The van der Waals surface area contributed by atoms with E-state index < -0.39 is 27.7 Å². The van der Waals surface area contributed by atoms with Crippen LogP contribution in [0.4, 0.5) is 4.39 Å². The molecule has 0 amide bonds. The lowest BCUT2D eigenvalue weighted by molar-refractivity contribution is -0.142. The van der Waals surface area contributed by atoms with Gasteiger partial charge in [0.05, 0.1) is 16.4 Å². The number of nitrogens with zero attached hydrogens (tertiary/aromatic N) is 1. The minimum atomic E-state index is -4.01. The highest BCUT2D eigenvalue weighted by Crippen LogP contribution is 2.16. The largest absolute Gasteiger partial charge is 0.481 e. The fourth-order valence-corrected chi connectivity index (χ4v) is 3.00. The molecule has 0 heterocycles. The van der Waals surface area contributed by atoms with E-state index in [2.05, 4.69) is 4.72 Å². The maximum absolute atomic E-state index is 13.2. The fraction of sp³-hybridized carbons (Fsp3) is 0.429.